The number of hydrazine groups is 1. The third-order valence-corrected chi connectivity index (χ3v) is 4.74. The van der Waals surface area contributed by atoms with E-state index in [0.29, 0.717) is 10.0 Å². The monoisotopic (exact) mass is 386 g/mol. The van der Waals surface area contributed by atoms with Gasteiger partial charge in [-0.3, -0.25) is 10.2 Å². The summed E-state index contributed by atoms with van der Waals surface area (Å²) in [5, 5.41) is 0. The predicted molar refractivity (Wildman–Crippen MR) is 83.1 cm³/mol. The number of nitrogens with one attached hydrogen (secondary N) is 2. The van der Waals surface area contributed by atoms with E-state index >= 15 is 0 Å². The zero-order valence-corrected chi connectivity index (χ0v) is 13.8. The van der Waals surface area contributed by atoms with Gasteiger partial charge in [-0.05, 0) is 36.8 Å². The molecule has 0 unspecified atom stereocenters. The molecule has 0 saturated carbocycles. The molecule has 0 fully saturated rings. The number of halogens is 2. The number of amides is 1. The summed E-state index contributed by atoms with van der Waals surface area (Å²) in [7, 11) is -3.96. The third kappa shape index (κ3) is 3.70. The number of aryl methyl sites for hydroxylation is 1. The topological polar surface area (TPSA) is 75.3 Å². The first kappa shape index (κ1) is 16.6. The van der Waals surface area contributed by atoms with Crippen LogP contribution in [0.1, 0.15) is 15.9 Å². The minimum Gasteiger partial charge on any atom is -0.273 e. The first-order valence-corrected chi connectivity index (χ1v) is 8.42. The molecule has 1 amide bonds. The van der Waals surface area contributed by atoms with Gasteiger partial charge in [-0.15, -0.1) is 4.83 Å². The Labute approximate surface area is 135 Å². The summed E-state index contributed by atoms with van der Waals surface area (Å²) in [5.41, 5.74) is 2.25. The second-order valence-electron chi connectivity index (χ2n) is 4.45. The van der Waals surface area contributed by atoms with Crippen molar-refractivity contribution in [2.75, 3.05) is 0 Å². The maximum atomic E-state index is 13.5. The molecule has 0 heterocycles. The molecule has 0 radical (unpaired) electrons. The Morgan fingerprint density at radius 1 is 1.18 bits per heavy atom. The molecule has 5 nitrogen and oxygen atoms in total. The quantitative estimate of drug-likeness (QED) is 0.792. The first-order valence-electron chi connectivity index (χ1n) is 6.14. The highest BCUT2D eigenvalue weighted by molar-refractivity contribution is 9.10. The van der Waals surface area contributed by atoms with Crippen molar-refractivity contribution in [1.29, 1.82) is 0 Å². The van der Waals surface area contributed by atoms with E-state index in [-0.39, 0.29) is 10.5 Å². The lowest BCUT2D eigenvalue weighted by atomic mass is 10.2. The minimum absolute atomic E-state index is 0.00992. The number of rotatable bonds is 4. The van der Waals surface area contributed by atoms with Crippen LogP contribution in [0.25, 0.3) is 0 Å². The molecule has 22 heavy (non-hydrogen) atoms. The number of carbonyl (C=O) groups excluding carboxylic acids is 1. The van der Waals surface area contributed by atoms with E-state index in [1.165, 1.54) is 24.3 Å². The lowest BCUT2D eigenvalue weighted by Gasteiger charge is -2.11. The normalized spacial score (nSPS) is 11.2. The molecule has 0 saturated heterocycles. The Morgan fingerprint density at radius 2 is 1.86 bits per heavy atom. The molecule has 0 bridgehead atoms. The van der Waals surface area contributed by atoms with Gasteiger partial charge < -0.3 is 0 Å². The molecule has 116 valence electrons. The van der Waals surface area contributed by atoms with Gasteiger partial charge in [-0.2, -0.15) is 0 Å². The Hall–Kier alpha value is -1.77. The van der Waals surface area contributed by atoms with Gasteiger partial charge in [0.15, 0.2) is 0 Å². The van der Waals surface area contributed by atoms with Crippen LogP contribution in [-0.4, -0.2) is 14.3 Å². The van der Waals surface area contributed by atoms with Crippen LogP contribution in [-0.2, 0) is 10.0 Å². The summed E-state index contributed by atoms with van der Waals surface area (Å²) in [6.45, 7) is 1.62. The average Bonchev–Trinajstić information content (AvgIpc) is 2.48. The van der Waals surface area contributed by atoms with Crippen LogP contribution in [0.5, 0.6) is 0 Å². The van der Waals surface area contributed by atoms with E-state index in [2.05, 4.69) is 15.9 Å². The number of benzene rings is 2. The standard InChI is InChI=1S/C14H12BrFN2O3S/c1-9-6-7-10(15)8-13(9)22(20,21)18-17-14(19)11-4-2-3-5-12(11)16/h2-8,18H,1H3,(H,17,19). The molecular weight excluding hydrogens is 375 g/mol. The van der Waals surface area contributed by atoms with Gasteiger partial charge in [0, 0.05) is 4.47 Å². The number of hydrogen-bond acceptors (Lipinski definition) is 3. The maximum Gasteiger partial charge on any atom is 0.269 e. The Bertz CT molecular complexity index is 825. The molecule has 0 aliphatic heterocycles. The molecule has 0 aliphatic rings. The molecule has 2 N–H and O–H groups in total. The maximum absolute atomic E-state index is 13.5. The van der Waals surface area contributed by atoms with Crippen molar-refractivity contribution in [3.8, 4) is 0 Å². The SMILES string of the molecule is Cc1ccc(Br)cc1S(=O)(=O)NNC(=O)c1ccccc1F. The fourth-order valence-electron chi connectivity index (χ4n) is 1.74. The first-order chi connectivity index (χ1) is 10.3. The van der Waals surface area contributed by atoms with E-state index in [9.17, 15) is 17.6 Å². The van der Waals surface area contributed by atoms with Crippen molar-refractivity contribution >= 4 is 31.9 Å². The van der Waals surface area contributed by atoms with Gasteiger partial charge in [0.2, 0.25) is 0 Å². The van der Waals surface area contributed by atoms with Crippen molar-refractivity contribution in [3.63, 3.8) is 0 Å². The zero-order valence-electron chi connectivity index (χ0n) is 11.4. The van der Waals surface area contributed by atoms with E-state index in [0.717, 1.165) is 6.07 Å². The molecule has 2 aromatic carbocycles. The molecular formula is C14H12BrFN2O3S. The van der Waals surface area contributed by atoms with Gasteiger partial charge in [0.05, 0.1) is 10.5 Å². The average molecular weight is 387 g/mol. The van der Waals surface area contributed by atoms with Gasteiger partial charge in [0.1, 0.15) is 5.82 Å². The van der Waals surface area contributed by atoms with E-state index in [1.54, 1.807) is 19.1 Å². The van der Waals surface area contributed by atoms with Gasteiger partial charge >= 0.3 is 0 Å². The molecule has 0 atom stereocenters. The largest absolute Gasteiger partial charge is 0.273 e. The van der Waals surface area contributed by atoms with Crippen molar-refractivity contribution in [2.24, 2.45) is 0 Å². The molecule has 0 aliphatic carbocycles. The predicted octanol–water partition coefficient (Wildman–Crippen LogP) is 2.52. The van der Waals surface area contributed by atoms with E-state index in [4.69, 9.17) is 0 Å². The molecule has 2 aromatic rings. The second-order valence-corrected chi connectivity index (χ2v) is 7.02. The second kappa shape index (κ2) is 6.55. The molecule has 0 aromatic heterocycles. The van der Waals surface area contributed by atoms with Gasteiger partial charge in [0.25, 0.3) is 15.9 Å². The van der Waals surface area contributed by atoms with Crippen molar-refractivity contribution in [1.82, 2.24) is 10.3 Å². The molecule has 8 heteroatoms. The van der Waals surface area contributed by atoms with Gasteiger partial charge in [-0.25, -0.2) is 12.8 Å². The number of hydrogen-bond donors (Lipinski definition) is 2. The van der Waals surface area contributed by atoms with Crippen LogP contribution in [0.4, 0.5) is 4.39 Å². The lowest BCUT2D eigenvalue weighted by Crippen LogP contribution is -2.42. The fraction of sp³-hybridized carbons (Fsp3) is 0.0714. The van der Waals surface area contributed by atoms with Crippen LogP contribution in [0.2, 0.25) is 0 Å². The Balaban J connectivity index is 2.18. The summed E-state index contributed by atoms with van der Waals surface area (Å²) in [6.07, 6.45) is 0. The van der Waals surface area contributed by atoms with Crippen LogP contribution in [0.15, 0.2) is 51.8 Å². The Morgan fingerprint density at radius 3 is 2.55 bits per heavy atom. The van der Waals surface area contributed by atoms with E-state index in [1.807, 2.05) is 10.3 Å². The van der Waals surface area contributed by atoms with Crippen LogP contribution >= 0.6 is 15.9 Å². The summed E-state index contributed by atoms with van der Waals surface area (Å²) in [5.74, 6) is -1.62. The summed E-state index contributed by atoms with van der Waals surface area (Å²) in [4.78, 5) is 13.8. The fourth-order valence-corrected chi connectivity index (χ4v) is 3.37. The number of carbonyl (C=O) groups is 1. The lowest BCUT2D eigenvalue weighted by molar-refractivity contribution is 0.0941. The highest BCUT2D eigenvalue weighted by Gasteiger charge is 2.19. The van der Waals surface area contributed by atoms with Crippen molar-refractivity contribution < 1.29 is 17.6 Å². The smallest absolute Gasteiger partial charge is 0.269 e. The number of sulfonamides is 1. The third-order valence-electron chi connectivity index (χ3n) is 2.86. The molecule has 2 rings (SSSR count). The Kier molecular flexibility index (Phi) is 4.94. The van der Waals surface area contributed by atoms with E-state index < -0.39 is 21.7 Å². The summed E-state index contributed by atoms with van der Waals surface area (Å²) in [6, 6.07) is 10.0. The van der Waals surface area contributed by atoms with Crippen LogP contribution in [0, 0.1) is 12.7 Å². The highest BCUT2D eigenvalue weighted by Crippen LogP contribution is 2.20. The van der Waals surface area contributed by atoms with Crippen LogP contribution < -0.4 is 10.3 Å². The van der Waals surface area contributed by atoms with Crippen molar-refractivity contribution in [2.45, 2.75) is 11.8 Å². The van der Waals surface area contributed by atoms with Gasteiger partial charge in [-0.1, -0.05) is 34.1 Å². The van der Waals surface area contributed by atoms with Crippen molar-refractivity contribution in [3.05, 3.63) is 63.9 Å². The highest BCUT2D eigenvalue weighted by atomic mass is 79.9. The summed E-state index contributed by atoms with van der Waals surface area (Å²) < 4.78 is 38.4. The molecule has 0 spiro atoms. The van der Waals surface area contributed by atoms with Crippen LogP contribution in [0.3, 0.4) is 0 Å². The zero-order chi connectivity index (χ0) is 16.3. The minimum atomic E-state index is -3.96. The summed E-state index contributed by atoms with van der Waals surface area (Å²) >= 11 is 3.19.